The number of aromatic nitrogens is 1. The third kappa shape index (κ3) is 2.99. The number of benzene rings is 1. The maximum absolute atomic E-state index is 9.50. The average molecular weight is 313 g/mol. The quantitative estimate of drug-likeness (QED) is 0.945. The molecule has 2 aromatic rings. The Balaban J connectivity index is 1.74. The summed E-state index contributed by atoms with van der Waals surface area (Å²) >= 11 is 11.9. The van der Waals surface area contributed by atoms with Crippen LogP contribution in [0.5, 0.6) is 0 Å². The molecule has 0 aliphatic carbocycles. The van der Waals surface area contributed by atoms with Crippen molar-refractivity contribution < 1.29 is 9.63 Å². The van der Waals surface area contributed by atoms with Crippen LogP contribution >= 0.6 is 23.2 Å². The first-order chi connectivity index (χ1) is 9.61. The highest BCUT2D eigenvalue weighted by atomic mass is 35.5. The fourth-order valence-corrected chi connectivity index (χ4v) is 2.65. The highest BCUT2D eigenvalue weighted by Crippen LogP contribution is 2.28. The molecule has 20 heavy (non-hydrogen) atoms. The zero-order valence-corrected chi connectivity index (χ0v) is 12.2. The lowest BCUT2D eigenvalue weighted by Gasteiger charge is -2.11. The van der Waals surface area contributed by atoms with Gasteiger partial charge in [-0.1, -0.05) is 34.4 Å². The van der Waals surface area contributed by atoms with E-state index in [0.29, 0.717) is 23.1 Å². The molecule has 0 bridgehead atoms. The van der Waals surface area contributed by atoms with E-state index >= 15 is 0 Å². The molecule has 0 unspecified atom stereocenters. The van der Waals surface area contributed by atoms with Crippen molar-refractivity contribution in [2.75, 3.05) is 13.1 Å². The van der Waals surface area contributed by atoms with Crippen molar-refractivity contribution >= 4 is 23.2 Å². The lowest BCUT2D eigenvalue weighted by atomic mass is 10.1. The van der Waals surface area contributed by atoms with E-state index in [1.165, 1.54) is 0 Å². The maximum Gasteiger partial charge on any atom is 0.151 e. The number of β-amino-alcohol motifs (C(OH)–C–C–N with tert-alkyl or cyclic N) is 1. The van der Waals surface area contributed by atoms with Gasteiger partial charge in [0.05, 0.1) is 22.7 Å². The van der Waals surface area contributed by atoms with Crippen LogP contribution in [0.15, 0.2) is 28.8 Å². The Morgan fingerprint density at radius 1 is 1.30 bits per heavy atom. The summed E-state index contributed by atoms with van der Waals surface area (Å²) in [7, 11) is 0. The summed E-state index contributed by atoms with van der Waals surface area (Å²) in [6.45, 7) is 2.22. The molecule has 6 heteroatoms. The van der Waals surface area contributed by atoms with Crippen molar-refractivity contribution in [3.8, 4) is 11.3 Å². The number of likely N-dealkylation sites (tertiary alicyclic amines) is 1. The highest BCUT2D eigenvalue weighted by molar-refractivity contribution is 6.42. The Hall–Kier alpha value is -1.07. The molecular formula is C14H14Cl2N2O2. The second-order valence-electron chi connectivity index (χ2n) is 4.98. The summed E-state index contributed by atoms with van der Waals surface area (Å²) in [6.07, 6.45) is 0.584. The van der Waals surface area contributed by atoms with E-state index in [-0.39, 0.29) is 6.10 Å². The van der Waals surface area contributed by atoms with E-state index in [9.17, 15) is 5.11 Å². The smallest absolute Gasteiger partial charge is 0.151 e. The van der Waals surface area contributed by atoms with Crippen LogP contribution in [0.4, 0.5) is 0 Å². The van der Waals surface area contributed by atoms with E-state index in [0.717, 1.165) is 30.0 Å². The second kappa shape index (κ2) is 5.74. The molecule has 0 spiro atoms. The Kier molecular flexibility index (Phi) is 3.98. The number of halogens is 2. The Morgan fingerprint density at radius 3 is 2.85 bits per heavy atom. The van der Waals surface area contributed by atoms with Crippen LogP contribution in [-0.2, 0) is 6.54 Å². The van der Waals surface area contributed by atoms with E-state index in [4.69, 9.17) is 27.7 Å². The number of hydrogen-bond acceptors (Lipinski definition) is 4. The molecule has 106 valence electrons. The first-order valence-electron chi connectivity index (χ1n) is 6.43. The molecule has 1 saturated heterocycles. The molecule has 1 aromatic heterocycles. The van der Waals surface area contributed by atoms with Gasteiger partial charge in [0.25, 0.3) is 0 Å². The van der Waals surface area contributed by atoms with Crippen LogP contribution in [0.1, 0.15) is 12.2 Å². The largest absolute Gasteiger partial charge is 0.392 e. The first-order valence-corrected chi connectivity index (χ1v) is 7.19. The Labute approximate surface area is 126 Å². The molecule has 1 fully saturated rings. The van der Waals surface area contributed by atoms with Crippen molar-refractivity contribution in [3.05, 3.63) is 40.1 Å². The minimum atomic E-state index is -0.229. The van der Waals surface area contributed by atoms with Gasteiger partial charge in [-0.25, -0.2) is 0 Å². The summed E-state index contributed by atoms with van der Waals surface area (Å²) in [5.41, 5.74) is 1.61. The van der Waals surface area contributed by atoms with Crippen LogP contribution in [0.3, 0.4) is 0 Å². The number of rotatable bonds is 3. The average Bonchev–Trinajstić information content (AvgIpc) is 3.03. The van der Waals surface area contributed by atoms with Crippen molar-refractivity contribution in [1.29, 1.82) is 0 Å². The summed E-state index contributed by atoms with van der Waals surface area (Å²) in [4.78, 5) is 2.14. The molecule has 4 nitrogen and oxygen atoms in total. The molecule has 1 aromatic carbocycles. The van der Waals surface area contributed by atoms with Crippen LogP contribution in [0.25, 0.3) is 11.3 Å². The predicted molar refractivity (Wildman–Crippen MR) is 77.9 cm³/mol. The molecule has 0 saturated carbocycles. The molecular weight excluding hydrogens is 299 g/mol. The van der Waals surface area contributed by atoms with E-state index in [2.05, 4.69) is 10.1 Å². The van der Waals surface area contributed by atoms with Crippen molar-refractivity contribution in [1.82, 2.24) is 10.1 Å². The van der Waals surface area contributed by atoms with Gasteiger partial charge in [0.15, 0.2) is 5.76 Å². The zero-order valence-electron chi connectivity index (χ0n) is 10.7. The number of aliphatic hydroxyl groups is 1. The van der Waals surface area contributed by atoms with Crippen LogP contribution in [-0.4, -0.2) is 34.4 Å². The third-order valence-electron chi connectivity index (χ3n) is 3.40. The third-order valence-corrected chi connectivity index (χ3v) is 4.14. The van der Waals surface area contributed by atoms with Crippen molar-refractivity contribution in [2.45, 2.75) is 19.1 Å². The maximum atomic E-state index is 9.50. The zero-order chi connectivity index (χ0) is 14.1. The normalized spacial score (nSPS) is 19.6. The minimum Gasteiger partial charge on any atom is -0.392 e. The number of aliphatic hydroxyl groups excluding tert-OH is 1. The predicted octanol–water partition coefficient (Wildman–Crippen LogP) is 3.22. The fourth-order valence-electron chi connectivity index (χ4n) is 2.36. The van der Waals surface area contributed by atoms with Crippen molar-refractivity contribution in [3.63, 3.8) is 0 Å². The lowest BCUT2D eigenvalue weighted by molar-refractivity contribution is 0.170. The van der Waals surface area contributed by atoms with Gasteiger partial charge in [0.2, 0.25) is 0 Å². The Bertz CT molecular complexity index is 615. The van der Waals surface area contributed by atoms with Crippen LogP contribution < -0.4 is 0 Å². The molecule has 0 amide bonds. The topological polar surface area (TPSA) is 49.5 Å². The second-order valence-corrected chi connectivity index (χ2v) is 5.80. The van der Waals surface area contributed by atoms with Gasteiger partial charge in [-0.2, -0.15) is 0 Å². The minimum absolute atomic E-state index is 0.229. The van der Waals surface area contributed by atoms with Gasteiger partial charge in [-0.05, 0) is 18.6 Å². The molecule has 2 heterocycles. The monoisotopic (exact) mass is 312 g/mol. The van der Waals surface area contributed by atoms with Gasteiger partial charge in [-0.15, -0.1) is 0 Å². The van der Waals surface area contributed by atoms with Gasteiger partial charge < -0.3 is 9.63 Å². The summed E-state index contributed by atoms with van der Waals surface area (Å²) < 4.78 is 5.34. The molecule has 3 rings (SSSR count). The standard InChI is InChI=1S/C14H14Cl2N2O2/c15-12-2-1-9(5-13(12)16)14-6-11(20-17-14)8-18-4-3-10(19)7-18/h1-2,5-6,10,19H,3-4,7-8H2/t10-/m0/s1. The van der Waals surface area contributed by atoms with Crippen LogP contribution in [0, 0.1) is 0 Å². The molecule has 1 aliphatic rings. The number of nitrogens with zero attached hydrogens (tertiary/aromatic N) is 2. The SMILES string of the molecule is O[C@H]1CCN(Cc2cc(-c3ccc(Cl)c(Cl)c3)no2)C1. The van der Waals surface area contributed by atoms with Gasteiger partial charge in [0.1, 0.15) is 5.69 Å². The molecule has 1 aliphatic heterocycles. The van der Waals surface area contributed by atoms with Gasteiger partial charge >= 0.3 is 0 Å². The van der Waals surface area contributed by atoms with E-state index in [1.54, 1.807) is 12.1 Å². The number of hydrogen-bond donors (Lipinski definition) is 1. The molecule has 0 radical (unpaired) electrons. The van der Waals surface area contributed by atoms with E-state index in [1.807, 2.05) is 12.1 Å². The highest BCUT2D eigenvalue weighted by Gasteiger charge is 2.21. The fraction of sp³-hybridized carbons (Fsp3) is 0.357. The lowest BCUT2D eigenvalue weighted by Crippen LogP contribution is -2.21. The van der Waals surface area contributed by atoms with Gasteiger partial charge in [-0.3, -0.25) is 4.90 Å². The molecule has 1 atom stereocenters. The summed E-state index contributed by atoms with van der Waals surface area (Å²) in [5.74, 6) is 0.778. The van der Waals surface area contributed by atoms with Crippen LogP contribution in [0.2, 0.25) is 10.0 Å². The van der Waals surface area contributed by atoms with E-state index < -0.39 is 0 Å². The summed E-state index contributed by atoms with van der Waals surface area (Å²) in [5, 5.41) is 14.6. The van der Waals surface area contributed by atoms with Crippen molar-refractivity contribution in [2.24, 2.45) is 0 Å². The molecule has 1 N–H and O–H groups in total. The van der Waals surface area contributed by atoms with Gasteiger partial charge in [0, 0.05) is 24.7 Å². The Morgan fingerprint density at radius 2 is 2.15 bits per heavy atom. The summed E-state index contributed by atoms with van der Waals surface area (Å²) in [6, 6.07) is 7.26. The first kappa shape index (κ1) is 13.9.